The smallest absolute Gasteiger partial charge is 0.226 e. The van der Waals surface area contributed by atoms with E-state index in [2.05, 4.69) is 22.4 Å². The molecular formula is C19H29N5O2. The fourth-order valence-corrected chi connectivity index (χ4v) is 4.18. The molecule has 1 aromatic heterocycles. The van der Waals surface area contributed by atoms with Crippen LogP contribution < -0.4 is 5.32 Å². The minimum atomic E-state index is 0.0935. The number of fused-ring (bicyclic) bond motifs is 1. The van der Waals surface area contributed by atoms with Gasteiger partial charge in [0.25, 0.3) is 0 Å². The third kappa shape index (κ3) is 3.63. The molecule has 2 fully saturated rings. The average molecular weight is 359 g/mol. The predicted octanol–water partition coefficient (Wildman–Crippen LogP) is 0.983. The molecule has 0 aromatic carbocycles. The van der Waals surface area contributed by atoms with Crippen LogP contribution in [0.1, 0.15) is 43.5 Å². The normalized spacial score (nSPS) is 24.0. The molecule has 7 nitrogen and oxygen atoms in total. The average Bonchev–Trinajstić information content (AvgIpc) is 3.11. The zero-order valence-corrected chi connectivity index (χ0v) is 15.6. The van der Waals surface area contributed by atoms with E-state index >= 15 is 0 Å². The van der Waals surface area contributed by atoms with Gasteiger partial charge >= 0.3 is 0 Å². The molecule has 3 aliphatic rings. The zero-order chi connectivity index (χ0) is 18.1. The van der Waals surface area contributed by atoms with Crippen LogP contribution in [-0.2, 0) is 29.2 Å². The lowest BCUT2D eigenvalue weighted by atomic mass is 9.84. The fraction of sp³-hybridized carbons (Fsp3) is 0.737. The Hall–Kier alpha value is -1.89. The SMILES string of the molecule is CN1CC[C@@H](C(=O)NCc2cc3n(n2)CCCN(C(=O)C2CCC2)C3)C1. The van der Waals surface area contributed by atoms with E-state index in [1.807, 2.05) is 15.6 Å². The molecule has 2 amide bonds. The van der Waals surface area contributed by atoms with E-state index in [4.69, 9.17) is 0 Å². The Morgan fingerprint density at radius 1 is 1.15 bits per heavy atom. The lowest BCUT2D eigenvalue weighted by molar-refractivity contribution is -0.138. The van der Waals surface area contributed by atoms with Gasteiger partial charge in [-0.2, -0.15) is 5.10 Å². The van der Waals surface area contributed by atoms with Crippen LogP contribution in [0.4, 0.5) is 0 Å². The first kappa shape index (κ1) is 17.5. The lowest BCUT2D eigenvalue weighted by Crippen LogP contribution is -2.38. The number of hydrogen-bond donors (Lipinski definition) is 1. The van der Waals surface area contributed by atoms with Gasteiger partial charge < -0.3 is 15.1 Å². The number of amides is 2. The highest BCUT2D eigenvalue weighted by Gasteiger charge is 2.31. The number of aromatic nitrogens is 2. The zero-order valence-electron chi connectivity index (χ0n) is 15.6. The van der Waals surface area contributed by atoms with Gasteiger partial charge in [0.2, 0.25) is 11.8 Å². The van der Waals surface area contributed by atoms with Crippen molar-refractivity contribution in [2.24, 2.45) is 11.8 Å². The van der Waals surface area contributed by atoms with E-state index in [9.17, 15) is 9.59 Å². The first-order chi connectivity index (χ1) is 12.6. The maximum atomic E-state index is 12.6. The van der Waals surface area contributed by atoms with Crippen molar-refractivity contribution in [3.63, 3.8) is 0 Å². The van der Waals surface area contributed by atoms with Crippen molar-refractivity contribution >= 4 is 11.8 Å². The van der Waals surface area contributed by atoms with Crippen LogP contribution in [0.25, 0.3) is 0 Å². The van der Waals surface area contributed by atoms with Gasteiger partial charge in [0.05, 0.1) is 30.4 Å². The van der Waals surface area contributed by atoms with Crippen molar-refractivity contribution in [3.8, 4) is 0 Å². The van der Waals surface area contributed by atoms with Gasteiger partial charge in [-0.1, -0.05) is 6.42 Å². The predicted molar refractivity (Wildman–Crippen MR) is 97.1 cm³/mol. The van der Waals surface area contributed by atoms with Crippen molar-refractivity contribution < 1.29 is 9.59 Å². The standard InChI is InChI=1S/C19H29N5O2/c1-22-9-6-15(12-22)18(25)20-11-16-10-17-13-23(7-3-8-24(17)21-16)19(26)14-4-2-5-14/h10,14-15H,2-9,11-13H2,1H3,(H,20,25)/t15-/m1/s1. The van der Waals surface area contributed by atoms with Crippen molar-refractivity contribution in [1.29, 1.82) is 0 Å². The molecule has 0 bridgehead atoms. The summed E-state index contributed by atoms with van der Waals surface area (Å²) in [7, 11) is 2.05. The number of aryl methyl sites for hydroxylation is 1. The van der Waals surface area contributed by atoms with Crippen molar-refractivity contribution in [2.75, 3.05) is 26.7 Å². The number of nitrogens with zero attached hydrogens (tertiary/aromatic N) is 4. The molecule has 1 aliphatic carbocycles. The molecule has 1 saturated carbocycles. The van der Waals surface area contributed by atoms with Crippen LogP contribution in [0.3, 0.4) is 0 Å². The lowest BCUT2D eigenvalue weighted by Gasteiger charge is -2.30. The molecular weight excluding hydrogens is 330 g/mol. The molecule has 3 heterocycles. The molecule has 1 N–H and O–H groups in total. The minimum absolute atomic E-state index is 0.0935. The number of carbonyl (C=O) groups excluding carboxylic acids is 2. The van der Waals surface area contributed by atoms with E-state index in [1.54, 1.807) is 0 Å². The van der Waals surface area contributed by atoms with E-state index in [0.29, 0.717) is 19.0 Å². The van der Waals surface area contributed by atoms with Crippen LogP contribution >= 0.6 is 0 Å². The van der Waals surface area contributed by atoms with Crippen LogP contribution in [0.2, 0.25) is 0 Å². The Bertz CT molecular complexity index is 681. The number of nitrogens with one attached hydrogen (secondary N) is 1. The molecule has 0 radical (unpaired) electrons. The van der Waals surface area contributed by atoms with E-state index in [1.165, 1.54) is 6.42 Å². The quantitative estimate of drug-likeness (QED) is 0.870. The summed E-state index contributed by atoms with van der Waals surface area (Å²) in [6.07, 6.45) is 5.14. The number of carbonyl (C=O) groups is 2. The minimum Gasteiger partial charge on any atom is -0.350 e. The highest BCUT2D eigenvalue weighted by atomic mass is 16.2. The van der Waals surface area contributed by atoms with Gasteiger partial charge in [-0.3, -0.25) is 14.3 Å². The summed E-state index contributed by atoms with van der Waals surface area (Å²) in [5, 5.41) is 7.69. The first-order valence-electron chi connectivity index (χ1n) is 9.91. The highest BCUT2D eigenvalue weighted by molar-refractivity contribution is 5.80. The van der Waals surface area contributed by atoms with Gasteiger partial charge in [0.15, 0.2) is 0 Å². The summed E-state index contributed by atoms with van der Waals surface area (Å²) in [6, 6.07) is 2.05. The molecule has 26 heavy (non-hydrogen) atoms. The van der Waals surface area contributed by atoms with Crippen LogP contribution in [0.5, 0.6) is 0 Å². The Morgan fingerprint density at radius 2 is 2.00 bits per heavy atom. The maximum Gasteiger partial charge on any atom is 0.226 e. The summed E-state index contributed by atoms with van der Waals surface area (Å²) in [5.74, 6) is 0.772. The highest BCUT2D eigenvalue weighted by Crippen LogP contribution is 2.29. The molecule has 0 spiro atoms. The van der Waals surface area contributed by atoms with E-state index in [-0.39, 0.29) is 17.7 Å². The number of rotatable bonds is 4. The second kappa shape index (κ2) is 7.39. The van der Waals surface area contributed by atoms with Crippen molar-refractivity contribution in [2.45, 2.75) is 51.7 Å². The maximum absolute atomic E-state index is 12.6. The molecule has 4 rings (SSSR count). The summed E-state index contributed by atoms with van der Waals surface area (Å²) in [5.41, 5.74) is 1.97. The van der Waals surface area contributed by atoms with Gasteiger partial charge in [0.1, 0.15) is 0 Å². The summed E-state index contributed by atoms with van der Waals surface area (Å²) in [6.45, 7) is 4.59. The number of likely N-dealkylation sites (tertiary alicyclic amines) is 1. The van der Waals surface area contributed by atoms with Gasteiger partial charge in [0, 0.05) is 25.6 Å². The summed E-state index contributed by atoms with van der Waals surface area (Å²) < 4.78 is 2.01. The van der Waals surface area contributed by atoms with Crippen molar-refractivity contribution in [3.05, 3.63) is 17.5 Å². The third-order valence-electron chi connectivity index (χ3n) is 6.04. The Morgan fingerprint density at radius 3 is 2.69 bits per heavy atom. The van der Waals surface area contributed by atoms with Gasteiger partial charge in [-0.15, -0.1) is 0 Å². The second-order valence-electron chi connectivity index (χ2n) is 8.06. The monoisotopic (exact) mass is 359 g/mol. The molecule has 1 saturated heterocycles. The molecule has 7 heteroatoms. The van der Waals surface area contributed by atoms with E-state index < -0.39 is 0 Å². The van der Waals surface area contributed by atoms with Crippen LogP contribution in [0.15, 0.2) is 6.07 Å². The molecule has 2 aliphatic heterocycles. The number of hydrogen-bond acceptors (Lipinski definition) is 4. The fourth-order valence-electron chi connectivity index (χ4n) is 4.18. The largest absolute Gasteiger partial charge is 0.350 e. The Kier molecular flexibility index (Phi) is 4.98. The van der Waals surface area contributed by atoms with Crippen LogP contribution in [-0.4, -0.2) is 58.1 Å². The second-order valence-corrected chi connectivity index (χ2v) is 8.06. The summed E-state index contributed by atoms with van der Waals surface area (Å²) >= 11 is 0. The Labute approximate surface area is 154 Å². The molecule has 1 atom stereocenters. The first-order valence-corrected chi connectivity index (χ1v) is 9.91. The molecule has 1 aromatic rings. The van der Waals surface area contributed by atoms with Crippen molar-refractivity contribution in [1.82, 2.24) is 24.9 Å². The topological polar surface area (TPSA) is 70.5 Å². The van der Waals surface area contributed by atoms with Gasteiger partial charge in [-0.25, -0.2) is 0 Å². The molecule has 0 unspecified atom stereocenters. The summed E-state index contributed by atoms with van der Waals surface area (Å²) in [4.78, 5) is 29.1. The van der Waals surface area contributed by atoms with Gasteiger partial charge in [-0.05, 0) is 45.3 Å². The molecule has 142 valence electrons. The van der Waals surface area contributed by atoms with E-state index in [0.717, 1.165) is 63.3 Å². The Balaban J connectivity index is 1.35. The van der Waals surface area contributed by atoms with Crippen LogP contribution in [0, 0.1) is 11.8 Å². The third-order valence-corrected chi connectivity index (χ3v) is 6.04.